The van der Waals surface area contributed by atoms with Crippen LogP contribution in [0, 0.1) is 0 Å². The summed E-state index contributed by atoms with van der Waals surface area (Å²) >= 11 is 0. The van der Waals surface area contributed by atoms with E-state index in [0.717, 1.165) is 170 Å². The molecule has 7 atom stereocenters. The van der Waals surface area contributed by atoms with E-state index in [1.54, 1.807) is 35.5 Å². The predicted molar refractivity (Wildman–Crippen MR) is 664 cm³/mol. The fourth-order valence-corrected chi connectivity index (χ4v) is 10.0. The van der Waals surface area contributed by atoms with Gasteiger partial charge in [-0.3, -0.25) is 0 Å². The molecule has 2 aliphatic rings. The first-order valence-electron chi connectivity index (χ1n) is 61.4. The maximum Gasteiger partial charge on any atom is 0.0598 e. The summed E-state index contributed by atoms with van der Waals surface area (Å²) in [5.74, 6) is 0. The molecule has 0 saturated heterocycles. The second-order valence-corrected chi connectivity index (χ2v) is 41.3. The SMILES string of the molecule is CC(C)OC1CCCC1.CC(C)OC1CCCCC1.CCC(C)OC.CCCC(C)OC.CCCCOC(C)C.CCCCOC(C)CC.CCCCOC(C)CCC.CCCCOCC.CCCOC(C)C.CCCOC(C)CC.CCCOC(C)CCC.CCCOCC.CCOC.CCOC(C)(C)C.CCOC(C)(C)C.CCOC(C)C.CCOC(C)C.CCOC(C)CC.CCOCC.COC(C)(C)C.COC(C)C. The van der Waals surface area contributed by atoms with Crippen molar-refractivity contribution in [3.8, 4) is 0 Å². The lowest BCUT2D eigenvalue weighted by Crippen LogP contribution is -2.20. The summed E-state index contributed by atoms with van der Waals surface area (Å²) < 4.78 is 108. The summed E-state index contributed by atoms with van der Waals surface area (Å²) in [5.41, 5.74) is 0.142. The first-order chi connectivity index (χ1) is 69.9. The van der Waals surface area contributed by atoms with E-state index in [4.69, 9.17) is 94.7 Å². The maximum atomic E-state index is 5.69. The molecule has 149 heavy (non-hydrogen) atoms. The van der Waals surface area contributed by atoms with Crippen LogP contribution in [0.3, 0.4) is 0 Å². The highest BCUT2D eigenvalue weighted by Gasteiger charge is 2.17. The molecule has 0 bridgehead atoms. The summed E-state index contributed by atoms with van der Waals surface area (Å²) in [7, 11) is 8.57. The second kappa shape index (κ2) is 172. The van der Waals surface area contributed by atoms with Crippen molar-refractivity contribution in [2.45, 2.75) is 694 Å². The highest BCUT2D eigenvalue weighted by atomic mass is 16.5. The van der Waals surface area contributed by atoms with Gasteiger partial charge in [0.2, 0.25) is 0 Å². The zero-order chi connectivity index (χ0) is 120. The fourth-order valence-electron chi connectivity index (χ4n) is 10.0. The van der Waals surface area contributed by atoms with Crippen molar-refractivity contribution in [1.82, 2.24) is 0 Å². The Balaban J connectivity index is -0.0000000703. The zero-order valence-electron chi connectivity index (χ0n) is 114. The van der Waals surface area contributed by atoms with Crippen LogP contribution in [0.25, 0.3) is 0 Å². The Morgan fingerprint density at radius 3 is 0.611 bits per heavy atom. The standard InChI is InChI=1S/C9H18O.C9H20O.C8H16O.2C8H18O.2C7H16O.6C6H14O.5C5H12O.2C4H10O.C3H8O/c1-8(2)10-9-6-4-3-5-7-9;1-4-6-8-10-9(3)7-5-2;1-7(2)9-8-5-3-4-6-8;1-4-6-7-9-8(3)5-2;1-4-6-8(3)9-7-5-2;1-4-5-6-8-7(2)3;1-4-6-8-7(3)5-2;2*1-5-7-6(2,3)4;1-4-5-6(2)7-3;1-4-5-7-6(2)3;1-4-6(3)7-5-2;1-3-5-6-7-4-2;1-5(2,3)6-4;1-4-5(2)6-3;2*1-4-6-5(2)3;1-3-5-6-4-2;1-4(2)5-3;1-3-5-4-2;1-3-4-2/h8-9H,3-7H2,1-2H3;9H,4-8H2,1-3H3;7-8H,3-6H2,1-2H3;2*8H,4-7H2,1-3H3;2*7H,4-6H2,1-3H3;2*5H2,1-4H3;3*6H,4-5H2,1-3H3;3-6H2,1-2H3;1-4H3;3*5H,4H2,1-3H3;3-5H2,1-2H3;4H,1-3H3;3-4H2,1-2H3;3H2,1-2H3. The molecule has 0 aromatic heterocycles. The van der Waals surface area contributed by atoms with Gasteiger partial charge in [0, 0.05) is 154 Å². The molecule has 932 valence electrons. The Kier molecular flexibility index (Phi) is 222. The average molecular weight is 2170 g/mol. The summed E-state index contributed by atoms with van der Waals surface area (Å²) in [6.07, 6.45) is 45.2. The fraction of sp³-hybridized carbons (Fsp3) is 1.00. The minimum atomic E-state index is 0.0417. The number of methoxy groups -OCH3 is 5. The Bertz CT molecular complexity index is 1910. The van der Waals surface area contributed by atoms with E-state index < -0.39 is 0 Å². The van der Waals surface area contributed by atoms with Crippen molar-refractivity contribution in [2.24, 2.45) is 0 Å². The van der Waals surface area contributed by atoms with Crippen LogP contribution in [0.4, 0.5) is 0 Å². The third-order valence-electron chi connectivity index (χ3n) is 19.4. The minimum absolute atomic E-state index is 0.0417. The van der Waals surface area contributed by atoms with E-state index in [9.17, 15) is 0 Å². The first-order valence-corrected chi connectivity index (χ1v) is 61.4. The molecule has 0 amide bonds. The topological polar surface area (TPSA) is 194 Å². The lowest BCUT2D eigenvalue weighted by molar-refractivity contribution is -0.0118. The molecule has 2 rings (SSSR count). The van der Waals surface area contributed by atoms with E-state index in [1.165, 1.54) is 148 Å². The average Bonchev–Trinajstić information content (AvgIpc) is 1.74. The van der Waals surface area contributed by atoms with E-state index in [1.807, 2.05) is 132 Å². The molecule has 2 fully saturated rings. The molecule has 0 aromatic rings. The molecule has 0 spiro atoms. The molecule has 0 aliphatic heterocycles. The lowest BCUT2D eigenvalue weighted by Gasteiger charge is -2.23. The van der Waals surface area contributed by atoms with Crippen LogP contribution in [-0.2, 0) is 99.5 Å². The van der Waals surface area contributed by atoms with Gasteiger partial charge in [-0.25, -0.2) is 0 Å². The Labute approximate surface area is 943 Å². The van der Waals surface area contributed by atoms with E-state index in [2.05, 4.69) is 254 Å². The number of unbranched alkanes of at least 4 members (excludes halogenated alkanes) is 4. The third kappa shape index (κ3) is 297. The van der Waals surface area contributed by atoms with Crippen molar-refractivity contribution in [3.63, 3.8) is 0 Å². The third-order valence-corrected chi connectivity index (χ3v) is 19.4. The van der Waals surface area contributed by atoms with Crippen molar-refractivity contribution >= 4 is 0 Å². The summed E-state index contributed by atoms with van der Waals surface area (Å²) in [5, 5.41) is 0. The summed E-state index contributed by atoms with van der Waals surface area (Å²) in [4.78, 5) is 0. The van der Waals surface area contributed by atoms with Crippen LogP contribution in [0.1, 0.15) is 580 Å². The minimum Gasteiger partial charge on any atom is -0.385 e. The molecule has 2 saturated carbocycles. The van der Waals surface area contributed by atoms with Gasteiger partial charge in [-0.2, -0.15) is 0 Å². The van der Waals surface area contributed by atoms with E-state index in [-0.39, 0.29) is 16.8 Å². The molecule has 21 nitrogen and oxygen atoms in total. The highest BCUT2D eigenvalue weighted by Crippen LogP contribution is 2.23. The maximum absolute atomic E-state index is 5.69. The van der Waals surface area contributed by atoms with Gasteiger partial charge in [-0.15, -0.1) is 0 Å². The molecule has 21 heteroatoms. The van der Waals surface area contributed by atoms with Crippen LogP contribution in [0.5, 0.6) is 0 Å². The van der Waals surface area contributed by atoms with Gasteiger partial charge in [-0.1, -0.05) is 181 Å². The first kappa shape index (κ1) is 192. The van der Waals surface area contributed by atoms with E-state index >= 15 is 0 Å². The van der Waals surface area contributed by atoms with Crippen molar-refractivity contribution in [1.29, 1.82) is 0 Å². The number of ether oxygens (including phenoxy) is 21. The molecule has 0 radical (unpaired) electrons. The Morgan fingerprint density at radius 1 is 0.201 bits per heavy atom. The van der Waals surface area contributed by atoms with Gasteiger partial charge in [0.15, 0.2) is 0 Å². The molecule has 7 unspecified atom stereocenters. The number of hydrogen-bond donors (Lipinski definition) is 0. The predicted octanol–water partition coefficient (Wildman–Crippen LogP) is 38.5. The molecular weight excluding hydrogens is 1870 g/mol. The van der Waals surface area contributed by atoms with Gasteiger partial charge in [0.1, 0.15) is 0 Å². The largest absolute Gasteiger partial charge is 0.385 e. The summed E-state index contributed by atoms with van der Waals surface area (Å²) in [6.45, 7) is 130. The van der Waals surface area contributed by atoms with Gasteiger partial charge in [0.25, 0.3) is 0 Å². The van der Waals surface area contributed by atoms with Crippen LogP contribution in [0.15, 0.2) is 0 Å². The van der Waals surface area contributed by atoms with Gasteiger partial charge < -0.3 is 99.5 Å². The Morgan fingerprint density at radius 2 is 0.443 bits per heavy atom. The van der Waals surface area contributed by atoms with Crippen molar-refractivity contribution < 1.29 is 99.5 Å². The molecule has 2 aliphatic carbocycles. The van der Waals surface area contributed by atoms with Crippen molar-refractivity contribution in [2.75, 3.05) is 154 Å². The Hall–Kier alpha value is -0.840. The number of rotatable bonds is 56. The quantitative estimate of drug-likeness (QED) is 0.0521. The molecular formula is C128H294O21. The van der Waals surface area contributed by atoms with Crippen LogP contribution in [0.2, 0.25) is 0 Å². The van der Waals surface area contributed by atoms with Gasteiger partial charge in [-0.05, 0) is 399 Å². The smallest absolute Gasteiger partial charge is 0.0598 e. The van der Waals surface area contributed by atoms with Crippen molar-refractivity contribution in [3.05, 3.63) is 0 Å². The second-order valence-electron chi connectivity index (χ2n) is 41.3. The normalized spacial score (nSPS) is 13.1. The number of hydrogen-bond acceptors (Lipinski definition) is 21. The van der Waals surface area contributed by atoms with Crippen LogP contribution >= 0.6 is 0 Å². The van der Waals surface area contributed by atoms with Gasteiger partial charge in [0.05, 0.1) is 114 Å². The lowest BCUT2D eigenvalue weighted by atomic mass is 9.98. The monoisotopic (exact) mass is 2170 g/mol. The van der Waals surface area contributed by atoms with E-state index in [0.29, 0.717) is 97.7 Å². The molecule has 0 heterocycles. The highest BCUT2D eigenvalue weighted by molar-refractivity contribution is 4.68. The molecule has 0 aromatic carbocycles. The van der Waals surface area contributed by atoms with Gasteiger partial charge >= 0.3 is 0 Å². The van der Waals surface area contributed by atoms with Crippen LogP contribution in [-0.4, -0.2) is 269 Å². The summed E-state index contributed by atoms with van der Waals surface area (Å²) in [6, 6.07) is 0. The zero-order valence-corrected chi connectivity index (χ0v) is 114. The van der Waals surface area contributed by atoms with Crippen LogP contribution < -0.4 is 0 Å². The molecule has 0 N–H and O–H groups in total.